The minimum atomic E-state index is -1.90. The van der Waals surface area contributed by atoms with Gasteiger partial charge < -0.3 is 39.0 Å². The van der Waals surface area contributed by atoms with Crippen molar-refractivity contribution in [3.8, 4) is 0 Å². The van der Waals surface area contributed by atoms with Crippen LogP contribution >= 0.6 is 0 Å². The maximum Gasteiger partial charge on any atom is 0.335 e. The van der Waals surface area contributed by atoms with Crippen molar-refractivity contribution in [2.45, 2.75) is 327 Å². The number of allylic oxidation sites excluding steroid dienone is 6. The lowest BCUT2D eigenvalue weighted by atomic mass is 9.98. The third-order valence-corrected chi connectivity index (χ3v) is 14.2. The summed E-state index contributed by atoms with van der Waals surface area (Å²) in [6.07, 6.45) is 48.2. The Kier molecular flexibility index (Phi) is 48.2. The predicted molar refractivity (Wildman–Crippen MR) is 303 cm³/mol. The van der Waals surface area contributed by atoms with Crippen LogP contribution in [0.4, 0.5) is 0 Å². The van der Waals surface area contributed by atoms with Crippen LogP contribution in [0.25, 0.3) is 0 Å². The molecule has 1 aliphatic rings. The summed E-state index contributed by atoms with van der Waals surface area (Å²) in [6.45, 7) is 5.90. The molecule has 0 saturated carbocycles. The monoisotopic (exact) mass is 1060 g/mol. The molecule has 0 radical (unpaired) electrons. The minimum Gasteiger partial charge on any atom is -0.479 e. The molecule has 0 spiro atoms. The van der Waals surface area contributed by atoms with Gasteiger partial charge in [-0.2, -0.15) is 0 Å². The van der Waals surface area contributed by atoms with Gasteiger partial charge in [-0.05, 0) is 51.4 Å². The largest absolute Gasteiger partial charge is 0.479 e. The fourth-order valence-electron chi connectivity index (χ4n) is 9.50. The highest BCUT2D eigenvalue weighted by Gasteiger charge is 2.50. The quantitative estimate of drug-likeness (QED) is 0.0228. The summed E-state index contributed by atoms with van der Waals surface area (Å²) in [6, 6.07) is 0. The topological polar surface area (TPSA) is 175 Å². The van der Waals surface area contributed by atoms with E-state index in [9.17, 15) is 34.5 Å². The van der Waals surface area contributed by atoms with Crippen LogP contribution in [0.15, 0.2) is 36.5 Å². The van der Waals surface area contributed by atoms with Gasteiger partial charge >= 0.3 is 23.9 Å². The van der Waals surface area contributed by atoms with Gasteiger partial charge in [0.2, 0.25) is 0 Å². The van der Waals surface area contributed by atoms with E-state index in [4.69, 9.17) is 23.7 Å². The van der Waals surface area contributed by atoms with Gasteiger partial charge in [0.05, 0.1) is 6.61 Å². The van der Waals surface area contributed by atoms with E-state index in [1.165, 1.54) is 141 Å². The van der Waals surface area contributed by atoms with Crippen LogP contribution in [0.2, 0.25) is 0 Å². The summed E-state index contributed by atoms with van der Waals surface area (Å²) in [5.74, 6) is -3.11. The van der Waals surface area contributed by atoms with Gasteiger partial charge in [0.25, 0.3) is 0 Å². The number of carboxylic acids is 1. The van der Waals surface area contributed by atoms with Crippen molar-refractivity contribution in [3.63, 3.8) is 0 Å². The molecule has 12 nitrogen and oxygen atoms in total. The normalized spacial score (nSPS) is 18.3. The molecule has 12 heteroatoms. The first-order valence-corrected chi connectivity index (χ1v) is 31.0. The number of unbranched alkanes of at least 4 members (excludes halogenated alkanes) is 33. The third kappa shape index (κ3) is 41.7. The van der Waals surface area contributed by atoms with Gasteiger partial charge in [-0.3, -0.25) is 14.4 Å². The average Bonchev–Trinajstić information content (AvgIpc) is 3.39. The van der Waals surface area contributed by atoms with E-state index in [1.54, 1.807) is 0 Å². The minimum absolute atomic E-state index is 0.0650. The number of rotatable bonds is 53. The molecule has 0 aromatic heterocycles. The summed E-state index contributed by atoms with van der Waals surface area (Å²) in [5, 5.41) is 31.5. The molecule has 0 bridgehead atoms. The zero-order valence-electron chi connectivity index (χ0n) is 48.1. The van der Waals surface area contributed by atoms with E-state index in [0.29, 0.717) is 19.3 Å². The summed E-state index contributed by atoms with van der Waals surface area (Å²) >= 11 is 0. The number of esters is 3. The number of carboxylic acid groups (broad SMARTS) is 1. The molecule has 0 aliphatic carbocycles. The van der Waals surface area contributed by atoms with Crippen molar-refractivity contribution in [3.05, 3.63) is 36.5 Å². The molecule has 1 aliphatic heterocycles. The van der Waals surface area contributed by atoms with Gasteiger partial charge in [0, 0.05) is 19.3 Å². The molecule has 6 atom stereocenters. The Morgan fingerprint density at radius 2 is 0.840 bits per heavy atom. The first-order valence-electron chi connectivity index (χ1n) is 31.0. The standard InChI is InChI=1S/C63H112O12/c1-4-7-10-13-16-19-22-25-27-28-30-33-36-39-42-45-48-51-57(66)74-61-59(68)58(67)60(62(69)70)75-63(61)72-53-54(73-56(65)50-47-44-41-38-35-31-24-21-18-15-12-9-6-3)52-71-55(64)49-46-43-40-37-34-32-29-26-23-20-17-14-11-8-5-2/h8,11,17,20,26,29,54,58-61,63,67-68H,4-7,9-10,12-16,18-19,21-25,27-28,30-53H2,1-3H3,(H,69,70)/b11-8-,20-17-,29-26-. The van der Waals surface area contributed by atoms with Crippen molar-refractivity contribution in [1.29, 1.82) is 0 Å². The molecule has 75 heavy (non-hydrogen) atoms. The number of aliphatic hydroxyl groups excluding tert-OH is 2. The highest BCUT2D eigenvalue weighted by Crippen LogP contribution is 2.27. The van der Waals surface area contributed by atoms with Crippen molar-refractivity contribution in [2.24, 2.45) is 0 Å². The molecule has 6 unspecified atom stereocenters. The van der Waals surface area contributed by atoms with Crippen molar-refractivity contribution in [2.75, 3.05) is 13.2 Å². The number of ether oxygens (including phenoxy) is 5. The molecular formula is C63H112O12. The van der Waals surface area contributed by atoms with E-state index >= 15 is 0 Å². The zero-order chi connectivity index (χ0) is 54.7. The third-order valence-electron chi connectivity index (χ3n) is 14.2. The van der Waals surface area contributed by atoms with E-state index in [2.05, 4.69) is 57.2 Å². The second-order valence-electron chi connectivity index (χ2n) is 21.3. The molecule has 1 heterocycles. The van der Waals surface area contributed by atoms with Crippen molar-refractivity contribution >= 4 is 23.9 Å². The van der Waals surface area contributed by atoms with E-state index in [-0.39, 0.29) is 25.9 Å². The summed E-state index contributed by atoms with van der Waals surface area (Å²) in [4.78, 5) is 51.2. The van der Waals surface area contributed by atoms with Crippen LogP contribution < -0.4 is 0 Å². The van der Waals surface area contributed by atoms with Crippen LogP contribution in [-0.4, -0.2) is 89.2 Å². The fourth-order valence-corrected chi connectivity index (χ4v) is 9.50. The molecule has 3 N–H and O–H groups in total. The van der Waals surface area contributed by atoms with Crippen LogP contribution in [0.1, 0.15) is 290 Å². The van der Waals surface area contributed by atoms with Gasteiger partial charge in [0.15, 0.2) is 24.6 Å². The van der Waals surface area contributed by atoms with E-state index in [0.717, 1.165) is 89.9 Å². The Hall–Kier alpha value is -3.06. The SMILES string of the molecule is CC/C=C\C/C=C\C/C=C\CCCCCCCC(=O)OCC(COC1OC(C(=O)O)C(O)C(O)C1OC(=O)CCCCCCCCCCCCCCCCCCC)OC(=O)CCCCCCCCCCCCCCC. The number of hydrogen-bond acceptors (Lipinski definition) is 11. The zero-order valence-corrected chi connectivity index (χ0v) is 48.1. The number of carbonyl (C=O) groups excluding carboxylic acids is 3. The lowest BCUT2D eigenvalue weighted by Crippen LogP contribution is -2.61. The van der Waals surface area contributed by atoms with Crippen LogP contribution in [0.3, 0.4) is 0 Å². The lowest BCUT2D eigenvalue weighted by Gasteiger charge is -2.40. The maximum absolute atomic E-state index is 13.1. The van der Waals surface area contributed by atoms with Gasteiger partial charge in [0.1, 0.15) is 18.8 Å². The molecule has 1 saturated heterocycles. The maximum atomic E-state index is 13.1. The van der Waals surface area contributed by atoms with E-state index < -0.39 is 67.3 Å². The first-order chi connectivity index (χ1) is 36.6. The number of aliphatic hydroxyl groups is 2. The molecular weight excluding hydrogens is 949 g/mol. The molecule has 0 aromatic rings. The van der Waals surface area contributed by atoms with E-state index in [1.807, 2.05) is 0 Å². The highest BCUT2D eigenvalue weighted by atomic mass is 16.7. The first kappa shape index (κ1) is 70.0. The summed E-state index contributed by atoms with van der Waals surface area (Å²) < 4.78 is 28.5. The smallest absolute Gasteiger partial charge is 0.335 e. The van der Waals surface area contributed by atoms with Crippen LogP contribution in [-0.2, 0) is 42.9 Å². The predicted octanol–water partition coefficient (Wildman–Crippen LogP) is 16.0. The van der Waals surface area contributed by atoms with Gasteiger partial charge in [-0.25, -0.2) is 4.79 Å². The number of aliphatic carboxylic acids is 1. The van der Waals surface area contributed by atoms with Crippen LogP contribution in [0.5, 0.6) is 0 Å². The Morgan fingerprint density at radius 3 is 1.28 bits per heavy atom. The van der Waals surface area contributed by atoms with Crippen LogP contribution in [0, 0.1) is 0 Å². The molecule has 1 fully saturated rings. The highest BCUT2D eigenvalue weighted by molar-refractivity contribution is 5.74. The van der Waals surface area contributed by atoms with Crippen molar-refractivity contribution in [1.82, 2.24) is 0 Å². The Morgan fingerprint density at radius 1 is 0.453 bits per heavy atom. The average molecular weight is 1060 g/mol. The second kappa shape index (κ2) is 51.7. The second-order valence-corrected chi connectivity index (χ2v) is 21.3. The Labute approximate surface area is 457 Å². The summed E-state index contributed by atoms with van der Waals surface area (Å²) in [5.41, 5.74) is 0. The number of hydrogen-bond donors (Lipinski definition) is 3. The lowest BCUT2D eigenvalue weighted by molar-refractivity contribution is -0.301. The number of carbonyl (C=O) groups is 4. The summed E-state index contributed by atoms with van der Waals surface area (Å²) in [7, 11) is 0. The Balaban J connectivity index is 2.66. The molecule has 436 valence electrons. The molecule has 1 rings (SSSR count). The molecule has 0 aromatic carbocycles. The van der Waals surface area contributed by atoms with Gasteiger partial charge in [-0.15, -0.1) is 0 Å². The molecule has 0 amide bonds. The Bertz CT molecular complexity index is 1450. The fraction of sp³-hybridized carbons (Fsp3) is 0.841. The van der Waals surface area contributed by atoms with Crippen molar-refractivity contribution < 1.29 is 58.2 Å². The van der Waals surface area contributed by atoms with Gasteiger partial charge in [-0.1, -0.05) is 256 Å².